The third-order valence-electron chi connectivity index (χ3n) is 4.63. The van der Waals surface area contributed by atoms with Gasteiger partial charge in [-0.2, -0.15) is 5.26 Å². The number of nitrogens with zero attached hydrogens (tertiary/aromatic N) is 2. The Bertz CT molecular complexity index is 1240. The van der Waals surface area contributed by atoms with Crippen molar-refractivity contribution in [3.05, 3.63) is 60.6 Å². The second-order valence-electron chi connectivity index (χ2n) is 6.09. The molecule has 26 heavy (non-hydrogen) atoms. The zero-order valence-electron chi connectivity index (χ0n) is 15.4. The molecule has 0 unspecified atom stereocenters. The maximum atomic E-state index is 9.72. The van der Waals surface area contributed by atoms with Gasteiger partial charge in [-0.25, -0.2) is 0 Å². The standard InChI is InChI=1S/C21H21N3OS/c1-6-15-16(11-22)21(23)24(19(15)20-13(3)9-10-26-20)18-12(2)7-8-17(25-5)14(18)4/h6-10H,3,23H2,1-2,4-5H3/b15-6-,20-19-. The van der Waals surface area contributed by atoms with E-state index >= 15 is 0 Å². The minimum absolute atomic E-state index is 0.433. The minimum Gasteiger partial charge on any atom is -0.496 e. The Balaban J connectivity index is 2.73. The molecule has 3 aromatic rings. The zero-order valence-corrected chi connectivity index (χ0v) is 16.2. The van der Waals surface area contributed by atoms with Gasteiger partial charge in [0, 0.05) is 10.8 Å². The number of hydrogen-bond donors (Lipinski definition) is 1. The number of benzene rings is 1. The number of nitrogens with two attached hydrogens (primary N) is 1. The van der Waals surface area contributed by atoms with Gasteiger partial charge in [-0.15, -0.1) is 11.3 Å². The molecule has 1 aromatic carbocycles. The van der Waals surface area contributed by atoms with Gasteiger partial charge in [0.05, 0.1) is 22.7 Å². The lowest BCUT2D eigenvalue weighted by molar-refractivity contribution is 0.411. The Morgan fingerprint density at radius 3 is 2.58 bits per heavy atom. The lowest BCUT2D eigenvalue weighted by Gasteiger charge is -2.16. The van der Waals surface area contributed by atoms with Crippen molar-refractivity contribution in [2.24, 2.45) is 0 Å². The monoisotopic (exact) mass is 363 g/mol. The Morgan fingerprint density at radius 2 is 2.04 bits per heavy atom. The molecule has 3 rings (SSSR count). The van der Waals surface area contributed by atoms with Gasteiger partial charge in [0.1, 0.15) is 23.2 Å². The highest BCUT2D eigenvalue weighted by molar-refractivity contribution is 7.08. The van der Waals surface area contributed by atoms with Crippen molar-refractivity contribution in [3.63, 3.8) is 0 Å². The largest absolute Gasteiger partial charge is 0.496 e. The summed E-state index contributed by atoms with van der Waals surface area (Å²) >= 11 is 1.60. The maximum absolute atomic E-state index is 9.72. The van der Waals surface area contributed by atoms with Gasteiger partial charge in [-0.05, 0) is 49.1 Å². The summed E-state index contributed by atoms with van der Waals surface area (Å²) in [5.41, 5.74) is 9.93. The van der Waals surface area contributed by atoms with E-state index in [-0.39, 0.29) is 0 Å². The second kappa shape index (κ2) is 6.74. The van der Waals surface area contributed by atoms with Crippen LogP contribution in [-0.4, -0.2) is 11.7 Å². The van der Waals surface area contributed by atoms with E-state index in [0.29, 0.717) is 11.4 Å². The van der Waals surface area contributed by atoms with Crippen molar-refractivity contribution >= 4 is 29.8 Å². The van der Waals surface area contributed by atoms with Gasteiger partial charge < -0.3 is 10.5 Å². The fourth-order valence-electron chi connectivity index (χ4n) is 3.39. The van der Waals surface area contributed by atoms with E-state index in [1.165, 1.54) is 0 Å². The topological polar surface area (TPSA) is 64.0 Å². The first-order valence-electron chi connectivity index (χ1n) is 8.24. The molecule has 2 N–H and O–H groups in total. The number of nitrogen functional groups attached to an aromatic ring is 1. The van der Waals surface area contributed by atoms with E-state index in [1.54, 1.807) is 18.4 Å². The number of thiophene rings is 1. The summed E-state index contributed by atoms with van der Waals surface area (Å²) in [6.07, 6.45) is 1.94. The molecule has 0 spiro atoms. The highest BCUT2D eigenvalue weighted by Crippen LogP contribution is 2.30. The molecule has 0 bridgehead atoms. The molecule has 0 saturated carbocycles. The number of nitriles is 1. The first-order valence-corrected chi connectivity index (χ1v) is 9.12. The molecule has 0 radical (unpaired) electrons. The number of anilines is 1. The van der Waals surface area contributed by atoms with Gasteiger partial charge in [0.25, 0.3) is 0 Å². The van der Waals surface area contributed by atoms with Crippen molar-refractivity contribution in [1.82, 2.24) is 4.57 Å². The summed E-state index contributed by atoms with van der Waals surface area (Å²) in [5, 5.41) is 14.4. The summed E-state index contributed by atoms with van der Waals surface area (Å²) in [4.78, 5) is 0. The number of hydrogen-bond acceptors (Lipinski definition) is 4. The SMILES string of the molecule is C=c1ccs/c1=c1/c(=C\C)c(C#N)c(N)n1-c1c(C)ccc(OC)c1C. The molecule has 0 amide bonds. The molecule has 5 heteroatoms. The Morgan fingerprint density at radius 1 is 1.31 bits per heavy atom. The molecule has 0 aliphatic rings. The molecule has 0 aliphatic heterocycles. The Kier molecular flexibility index (Phi) is 4.62. The van der Waals surface area contributed by atoms with Crippen LogP contribution in [-0.2, 0) is 0 Å². The molecule has 132 valence electrons. The first-order chi connectivity index (χ1) is 12.5. The highest BCUT2D eigenvalue weighted by atomic mass is 32.1. The van der Waals surface area contributed by atoms with Crippen LogP contribution in [0, 0.1) is 35.1 Å². The average Bonchev–Trinajstić information content (AvgIpc) is 3.16. The van der Waals surface area contributed by atoms with E-state index in [9.17, 15) is 5.26 Å². The van der Waals surface area contributed by atoms with Gasteiger partial charge >= 0.3 is 0 Å². The van der Waals surface area contributed by atoms with Gasteiger partial charge in [-0.1, -0.05) is 18.7 Å². The van der Waals surface area contributed by atoms with Gasteiger partial charge in [0.2, 0.25) is 0 Å². The quantitative estimate of drug-likeness (QED) is 0.761. The molecular formula is C21H21N3OS. The predicted octanol–water partition coefficient (Wildman–Crippen LogP) is 3.12. The van der Waals surface area contributed by atoms with Crippen molar-refractivity contribution in [2.45, 2.75) is 20.8 Å². The lowest BCUT2D eigenvalue weighted by Crippen LogP contribution is -2.11. The van der Waals surface area contributed by atoms with Crippen LogP contribution in [0.5, 0.6) is 5.75 Å². The van der Waals surface area contributed by atoms with E-state index in [0.717, 1.165) is 42.9 Å². The fourth-order valence-corrected chi connectivity index (χ4v) is 4.29. The van der Waals surface area contributed by atoms with Crippen molar-refractivity contribution in [3.8, 4) is 17.5 Å². The van der Waals surface area contributed by atoms with Crippen LogP contribution >= 0.6 is 11.3 Å². The van der Waals surface area contributed by atoms with E-state index in [1.807, 2.05) is 55.0 Å². The van der Waals surface area contributed by atoms with Crippen LogP contribution in [0.2, 0.25) is 0 Å². The van der Waals surface area contributed by atoms with Crippen molar-refractivity contribution in [1.29, 1.82) is 5.26 Å². The van der Waals surface area contributed by atoms with Crippen LogP contribution in [0.1, 0.15) is 23.6 Å². The van der Waals surface area contributed by atoms with Crippen LogP contribution < -0.4 is 20.9 Å². The molecular weight excluding hydrogens is 342 g/mol. The Hall–Kier alpha value is -2.97. The maximum Gasteiger partial charge on any atom is 0.127 e. The summed E-state index contributed by atoms with van der Waals surface area (Å²) in [6, 6.07) is 8.20. The van der Waals surface area contributed by atoms with E-state index in [4.69, 9.17) is 10.5 Å². The minimum atomic E-state index is 0.433. The lowest BCUT2D eigenvalue weighted by atomic mass is 10.1. The van der Waals surface area contributed by atoms with Crippen LogP contribution in [0.15, 0.2) is 23.6 Å². The van der Waals surface area contributed by atoms with E-state index in [2.05, 4.69) is 12.6 Å². The number of aryl methyl sites for hydroxylation is 1. The van der Waals surface area contributed by atoms with Crippen molar-refractivity contribution < 1.29 is 4.74 Å². The summed E-state index contributed by atoms with van der Waals surface area (Å²) in [7, 11) is 1.65. The predicted molar refractivity (Wildman–Crippen MR) is 108 cm³/mol. The van der Waals surface area contributed by atoms with Crippen molar-refractivity contribution in [2.75, 3.05) is 12.8 Å². The van der Waals surface area contributed by atoms with Crippen LogP contribution in [0.25, 0.3) is 18.3 Å². The Labute approximate surface area is 156 Å². The fraction of sp³-hybridized carbons (Fsp3) is 0.190. The highest BCUT2D eigenvalue weighted by Gasteiger charge is 2.18. The second-order valence-corrected chi connectivity index (χ2v) is 7.01. The smallest absolute Gasteiger partial charge is 0.127 e. The normalized spacial score (nSPS) is 13.0. The van der Waals surface area contributed by atoms with Gasteiger partial charge in [-0.3, -0.25) is 4.57 Å². The number of rotatable bonds is 2. The summed E-state index contributed by atoms with van der Waals surface area (Å²) in [6.45, 7) is 10.1. The summed E-state index contributed by atoms with van der Waals surface area (Å²) in [5.74, 6) is 1.22. The first kappa shape index (κ1) is 17.8. The molecule has 0 fully saturated rings. The molecule has 4 nitrogen and oxygen atoms in total. The molecule has 2 heterocycles. The van der Waals surface area contributed by atoms with Gasteiger partial charge in [0.15, 0.2) is 0 Å². The number of methoxy groups -OCH3 is 1. The third-order valence-corrected chi connectivity index (χ3v) is 5.60. The molecule has 0 saturated heterocycles. The molecule has 0 aliphatic carbocycles. The zero-order chi connectivity index (χ0) is 19.0. The summed E-state index contributed by atoms with van der Waals surface area (Å²) < 4.78 is 8.49. The average molecular weight is 363 g/mol. The third kappa shape index (κ3) is 2.51. The number of aromatic nitrogens is 1. The molecule has 0 atom stereocenters. The number of ether oxygens (including phenoxy) is 1. The van der Waals surface area contributed by atoms with Crippen LogP contribution in [0.4, 0.5) is 5.82 Å². The molecule has 2 aromatic heterocycles. The van der Waals surface area contributed by atoms with Crippen LogP contribution in [0.3, 0.4) is 0 Å². The van der Waals surface area contributed by atoms with E-state index < -0.39 is 0 Å².